The third kappa shape index (κ3) is 4.33. The minimum Gasteiger partial charge on any atom is -0.384 e. The van der Waals surface area contributed by atoms with Crippen LogP contribution >= 0.6 is 11.3 Å². The van der Waals surface area contributed by atoms with Crippen molar-refractivity contribution in [3.63, 3.8) is 0 Å². The molecule has 4 aromatic rings. The molecule has 8 nitrogen and oxygen atoms in total. The standard InChI is InChI=1S/C27H30N6O2S/c1-17-6-13-36-23(17)5-8-28-20-4-7-29-26(34)24(20)25-30-21-14-18-16-33(12-11-32-9-2-3-10-32)27(35)19(18)15-22(21)31-25/h4,6-7,13-15H,2-3,5,8-12,16H2,1H3,(H,30,31)(H2,28,29,34). The quantitative estimate of drug-likeness (QED) is 0.339. The topological polar surface area (TPSA) is 97.1 Å². The molecule has 2 aliphatic rings. The Morgan fingerprint density at radius 3 is 2.81 bits per heavy atom. The van der Waals surface area contributed by atoms with E-state index in [4.69, 9.17) is 4.98 Å². The molecule has 1 amide bonds. The van der Waals surface area contributed by atoms with Gasteiger partial charge in [0.2, 0.25) is 0 Å². The Bertz CT molecular complexity index is 1480. The third-order valence-electron chi connectivity index (χ3n) is 7.30. The zero-order chi connectivity index (χ0) is 24.6. The van der Waals surface area contributed by atoms with Gasteiger partial charge in [-0.1, -0.05) is 0 Å². The maximum absolute atomic E-state index is 13.1. The van der Waals surface area contributed by atoms with Gasteiger partial charge < -0.3 is 25.1 Å². The highest BCUT2D eigenvalue weighted by Crippen LogP contribution is 2.30. The number of imidazole rings is 1. The predicted molar refractivity (Wildman–Crippen MR) is 144 cm³/mol. The molecule has 1 fully saturated rings. The van der Waals surface area contributed by atoms with Crippen molar-refractivity contribution in [1.82, 2.24) is 24.8 Å². The molecule has 2 aliphatic heterocycles. The molecule has 1 aromatic carbocycles. The van der Waals surface area contributed by atoms with E-state index in [-0.39, 0.29) is 11.5 Å². The van der Waals surface area contributed by atoms with Crippen LogP contribution < -0.4 is 10.9 Å². The number of hydrogen-bond donors (Lipinski definition) is 3. The summed E-state index contributed by atoms with van der Waals surface area (Å²) in [5.74, 6) is 0.572. The van der Waals surface area contributed by atoms with Gasteiger partial charge in [-0.3, -0.25) is 9.59 Å². The maximum atomic E-state index is 13.1. The van der Waals surface area contributed by atoms with E-state index in [1.54, 1.807) is 17.5 Å². The van der Waals surface area contributed by atoms with Crippen LogP contribution in [0.2, 0.25) is 0 Å². The van der Waals surface area contributed by atoms with Gasteiger partial charge in [-0.2, -0.15) is 0 Å². The van der Waals surface area contributed by atoms with E-state index in [1.807, 2.05) is 23.1 Å². The number of anilines is 1. The van der Waals surface area contributed by atoms with Gasteiger partial charge in [0.15, 0.2) is 0 Å². The van der Waals surface area contributed by atoms with Gasteiger partial charge >= 0.3 is 0 Å². The minimum absolute atomic E-state index is 0.0689. The van der Waals surface area contributed by atoms with Crippen molar-refractivity contribution in [2.45, 2.75) is 32.7 Å². The number of carbonyl (C=O) groups is 1. The van der Waals surface area contributed by atoms with Crippen LogP contribution in [0.25, 0.3) is 22.4 Å². The molecule has 0 aliphatic carbocycles. The van der Waals surface area contributed by atoms with Crippen molar-refractivity contribution in [2.75, 3.05) is 38.0 Å². The molecule has 186 valence electrons. The van der Waals surface area contributed by atoms with Crippen LogP contribution in [0.3, 0.4) is 0 Å². The van der Waals surface area contributed by atoms with E-state index in [0.717, 1.165) is 49.4 Å². The van der Waals surface area contributed by atoms with Crippen molar-refractivity contribution in [2.24, 2.45) is 0 Å². The molecule has 3 aromatic heterocycles. The van der Waals surface area contributed by atoms with E-state index < -0.39 is 0 Å². The van der Waals surface area contributed by atoms with Gasteiger partial charge in [0.25, 0.3) is 11.5 Å². The van der Waals surface area contributed by atoms with Gasteiger partial charge in [-0.05, 0) is 80.0 Å². The van der Waals surface area contributed by atoms with Crippen LogP contribution in [0.15, 0.2) is 40.6 Å². The van der Waals surface area contributed by atoms with E-state index in [2.05, 4.69) is 38.6 Å². The second-order valence-electron chi connectivity index (χ2n) is 9.69. The molecule has 6 rings (SSSR count). The zero-order valence-corrected chi connectivity index (χ0v) is 21.2. The van der Waals surface area contributed by atoms with Crippen molar-refractivity contribution in [1.29, 1.82) is 0 Å². The molecular formula is C27H30N6O2S. The molecule has 0 spiro atoms. The summed E-state index contributed by atoms with van der Waals surface area (Å²) in [7, 11) is 0. The van der Waals surface area contributed by atoms with E-state index in [0.29, 0.717) is 35.6 Å². The average molecular weight is 503 g/mol. The Hall–Kier alpha value is -3.43. The first-order valence-corrected chi connectivity index (χ1v) is 13.5. The van der Waals surface area contributed by atoms with Crippen LogP contribution in [0, 0.1) is 6.92 Å². The molecule has 0 bridgehead atoms. The lowest BCUT2D eigenvalue weighted by Crippen LogP contribution is -2.33. The number of nitrogens with one attached hydrogen (secondary N) is 3. The molecule has 5 heterocycles. The molecule has 0 atom stereocenters. The van der Waals surface area contributed by atoms with Crippen molar-refractivity contribution in [3.05, 3.63) is 67.8 Å². The van der Waals surface area contributed by atoms with Crippen molar-refractivity contribution >= 4 is 34.0 Å². The van der Waals surface area contributed by atoms with Crippen LogP contribution in [0.5, 0.6) is 0 Å². The Kier molecular flexibility index (Phi) is 6.10. The smallest absolute Gasteiger partial charge is 0.261 e. The molecular weight excluding hydrogens is 472 g/mol. The lowest BCUT2D eigenvalue weighted by molar-refractivity contribution is 0.0763. The summed E-state index contributed by atoms with van der Waals surface area (Å²) >= 11 is 1.75. The highest BCUT2D eigenvalue weighted by Gasteiger charge is 2.29. The number of carbonyl (C=O) groups excluding carboxylic acids is 1. The zero-order valence-electron chi connectivity index (χ0n) is 20.4. The summed E-state index contributed by atoms with van der Waals surface area (Å²) in [5, 5.41) is 5.52. The molecule has 9 heteroatoms. The van der Waals surface area contributed by atoms with Gasteiger partial charge in [-0.25, -0.2) is 4.98 Å². The highest BCUT2D eigenvalue weighted by atomic mass is 32.1. The largest absolute Gasteiger partial charge is 0.384 e. The summed E-state index contributed by atoms with van der Waals surface area (Å²) in [6, 6.07) is 7.88. The SMILES string of the molecule is Cc1ccsc1CCNc1cc[nH]c(=O)c1-c1nc2cc3c(cc2[nH]1)CN(CCN1CCCC1)C3=O. The second-order valence-corrected chi connectivity index (χ2v) is 10.7. The summed E-state index contributed by atoms with van der Waals surface area (Å²) in [6.45, 7) is 7.40. The first-order valence-electron chi connectivity index (χ1n) is 12.6. The third-order valence-corrected chi connectivity index (χ3v) is 8.39. The van der Waals surface area contributed by atoms with E-state index >= 15 is 0 Å². The van der Waals surface area contributed by atoms with Gasteiger partial charge in [0.05, 0.1) is 16.7 Å². The monoisotopic (exact) mass is 502 g/mol. The number of nitrogens with zero attached hydrogens (tertiary/aromatic N) is 3. The molecule has 0 saturated carbocycles. The molecule has 0 radical (unpaired) electrons. The minimum atomic E-state index is -0.205. The Morgan fingerprint density at radius 2 is 2.00 bits per heavy atom. The van der Waals surface area contributed by atoms with Gasteiger partial charge in [0.1, 0.15) is 11.4 Å². The van der Waals surface area contributed by atoms with E-state index in [1.165, 1.54) is 23.3 Å². The predicted octanol–water partition coefficient (Wildman–Crippen LogP) is 3.99. The first-order chi connectivity index (χ1) is 17.6. The van der Waals surface area contributed by atoms with Crippen molar-refractivity contribution < 1.29 is 4.79 Å². The first kappa shape index (κ1) is 23.0. The fourth-order valence-corrected chi connectivity index (χ4v) is 6.19. The average Bonchev–Trinajstić information content (AvgIpc) is 3.65. The molecule has 1 saturated heterocycles. The van der Waals surface area contributed by atoms with Crippen LogP contribution in [-0.2, 0) is 13.0 Å². The van der Waals surface area contributed by atoms with Crippen LogP contribution in [-0.4, -0.2) is 63.4 Å². The lowest BCUT2D eigenvalue weighted by atomic mass is 10.1. The summed E-state index contributed by atoms with van der Waals surface area (Å²) in [5.41, 5.74) is 5.57. The molecule has 0 unspecified atom stereocenters. The number of benzene rings is 1. The number of thiophene rings is 1. The number of fused-ring (bicyclic) bond motifs is 2. The normalized spacial score (nSPS) is 15.8. The number of likely N-dealkylation sites (tertiary alicyclic amines) is 1. The fourth-order valence-electron chi connectivity index (χ4n) is 5.28. The van der Waals surface area contributed by atoms with Gasteiger partial charge in [0, 0.05) is 42.8 Å². The fraction of sp³-hybridized carbons (Fsp3) is 0.370. The van der Waals surface area contributed by atoms with Gasteiger partial charge in [-0.15, -0.1) is 11.3 Å². The molecule has 36 heavy (non-hydrogen) atoms. The summed E-state index contributed by atoms with van der Waals surface area (Å²) in [6.07, 6.45) is 5.04. The van der Waals surface area contributed by atoms with Crippen LogP contribution in [0.1, 0.15) is 39.2 Å². The van der Waals surface area contributed by atoms with Crippen LogP contribution in [0.4, 0.5) is 5.69 Å². The number of aromatic amines is 2. The Labute approximate surface area is 213 Å². The number of aryl methyl sites for hydroxylation is 1. The lowest BCUT2D eigenvalue weighted by Gasteiger charge is -2.20. The number of aromatic nitrogens is 3. The number of rotatable bonds is 8. The number of H-pyrrole nitrogens is 2. The maximum Gasteiger partial charge on any atom is 0.261 e. The number of hydrogen-bond acceptors (Lipinski definition) is 6. The Morgan fingerprint density at radius 1 is 1.14 bits per heavy atom. The Balaban J connectivity index is 1.22. The highest BCUT2D eigenvalue weighted by molar-refractivity contribution is 7.10. The number of pyridine rings is 1. The summed E-state index contributed by atoms with van der Waals surface area (Å²) < 4.78 is 0. The van der Waals surface area contributed by atoms with Crippen molar-refractivity contribution in [3.8, 4) is 11.4 Å². The molecule has 3 N–H and O–H groups in total. The van der Waals surface area contributed by atoms with E-state index in [9.17, 15) is 9.59 Å². The number of amides is 1. The summed E-state index contributed by atoms with van der Waals surface area (Å²) in [4.78, 5) is 42.4. The second kappa shape index (κ2) is 9.55.